The van der Waals surface area contributed by atoms with Crippen LogP contribution in [0.2, 0.25) is 0 Å². The van der Waals surface area contributed by atoms with E-state index in [1.165, 1.54) is 0 Å². The van der Waals surface area contributed by atoms with Gasteiger partial charge in [-0.05, 0) is 35.6 Å². The minimum Gasteiger partial charge on any atom is -0.508 e. The van der Waals surface area contributed by atoms with E-state index in [1.807, 2.05) is 40.7 Å². The van der Waals surface area contributed by atoms with Crippen LogP contribution in [0.25, 0.3) is 0 Å². The molecule has 1 aromatic carbocycles. The lowest BCUT2D eigenvalue weighted by Gasteiger charge is -2.24. The standard InChI is InChI=1S/C19H31N3O3/c1-11(2)16(21-6)18(25)22-14(17(20)24)10-12-7-8-15(23)13(9-12)19(3,4)5/h7-9,11,14,16,21,23H,10H2,1-6H3,(H2,20,24)(H,22,25)/t14-,16-/m0/s1. The van der Waals surface area contributed by atoms with E-state index in [0.29, 0.717) is 0 Å². The number of phenols is 1. The van der Waals surface area contributed by atoms with Gasteiger partial charge in [-0.1, -0.05) is 46.8 Å². The topological polar surface area (TPSA) is 104 Å². The fourth-order valence-corrected chi connectivity index (χ4v) is 2.80. The van der Waals surface area contributed by atoms with Gasteiger partial charge in [-0.15, -0.1) is 0 Å². The molecule has 1 rings (SSSR count). The highest BCUT2D eigenvalue weighted by atomic mass is 16.3. The van der Waals surface area contributed by atoms with Gasteiger partial charge in [-0.2, -0.15) is 0 Å². The second-order valence-corrected chi connectivity index (χ2v) is 7.78. The van der Waals surface area contributed by atoms with Gasteiger partial charge in [0.2, 0.25) is 11.8 Å². The molecule has 5 N–H and O–H groups in total. The van der Waals surface area contributed by atoms with Gasteiger partial charge in [-0.25, -0.2) is 0 Å². The predicted octanol–water partition coefficient (Wildman–Crippen LogP) is 1.45. The summed E-state index contributed by atoms with van der Waals surface area (Å²) >= 11 is 0. The maximum Gasteiger partial charge on any atom is 0.240 e. The third-order valence-electron chi connectivity index (χ3n) is 4.23. The zero-order chi connectivity index (χ0) is 19.4. The Labute approximate surface area is 150 Å². The number of hydrogen-bond acceptors (Lipinski definition) is 4. The molecule has 25 heavy (non-hydrogen) atoms. The van der Waals surface area contributed by atoms with E-state index in [4.69, 9.17) is 5.73 Å². The van der Waals surface area contributed by atoms with E-state index in [1.54, 1.807) is 19.2 Å². The van der Waals surface area contributed by atoms with Crippen LogP contribution in [-0.4, -0.2) is 36.1 Å². The lowest BCUT2D eigenvalue weighted by atomic mass is 9.84. The Bertz CT molecular complexity index is 621. The fraction of sp³-hybridized carbons (Fsp3) is 0.579. The monoisotopic (exact) mass is 349 g/mol. The van der Waals surface area contributed by atoms with Crippen molar-refractivity contribution in [2.75, 3.05) is 7.05 Å². The van der Waals surface area contributed by atoms with Crippen LogP contribution < -0.4 is 16.4 Å². The van der Waals surface area contributed by atoms with Crippen LogP contribution in [0.3, 0.4) is 0 Å². The molecule has 6 nitrogen and oxygen atoms in total. The second kappa shape index (κ2) is 8.34. The zero-order valence-electron chi connectivity index (χ0n) is 16.0. The number of amides is 2. The Hall–Kier alpha value is -2.08. The summed E-state index contributed by atoms with van der Waals surface area (Å²) in [5, 5.41) is 15.7. The first-order valence-corrected chi connectivity index (χ1v) is 8.56. The molecule has 0 fully saturated rings. The molecule has 0 spiro atoms. The van der Waals surface area contributed by atoms with E-state index in [0.717, 1.165) is 11.1 Å². The van der Waals surface area contributed by atoms with E-state index >= 15 is 0 Å². The summed E-state index contributed by atoms with van der Waals surface area (Å²) in [7, 11) is 1.71. The Morgan fingerprint density at radius 3 is 2.28 bits per heavy atom. The second-order valence-electron chi connectivity index (χ2n) is 7.78. The lowest BCUT2D eigenvalue weighted by Crippen LogP contribution is -2.53. The molecule has 0 bridgehead atoms. The van der Waals surface area contributed by atoms with Crippen molar-refractivity contribution in [3.05, 3.63) is 29.3 Å². The Kier molecular flexibility index (Phi) is 6.99. The molecule has 0 saturated carbocycles. The summed E-state index contributed by atoms with van der Waals surface area (Å²) in [6, 6.07) is 4.01. The van der Waals surface area contributed by atoms with Gasteiger partial charge in [0.15, 0.2) is 0 Å². The number of likely N-dealkylation sites (N-methyl/N-ethyl adjacent to an activating group) is 1. The maximum absolute atomic E-state index is 12.4. The average Bonchev–Trinajstić information content (AvgIpc) is 2.47. The summed E-state index contributed by atoms with van der Waals surface area (Å²) in [4.78, 5) is 24.2. The van der Waals surface area contributed by atoms with Crippen LogP contribution in [0.4, 0.5) is 0 Å². The van der Waals surface area contributed by atoms with Crippen LogP contribution in [0.5, 0.6) is 5.75 Å². The molecule has 0 aromatic heterocycles. The number of carbonyl (C=O) groups excluding carboxylic acids is 2. The molecule has 0 aliphatic heterocycles. The minimum absolute atomic E-state index is 0.0830. The Balaban J connectivity index is 3.00. The van der Waals surface area contributed by atoms with Crippen molar-refractivity contribution in [1.82, 2.24) is 10.6 Å². The van der Waals surface area contributed by atoms with Gasteiger partial charge in [0.25, 0.3) is 0 Å². The predicted molar refractivity (Wildman–Crippen MR) is 99.3 cm³/mol. The molecular weight excluding hydrogens is 318 g/mol. The van der Waals surface area contributed by atoms with Gasteiger partial charge in [0.05, 0.1) is 6.04 Å². The van der Waals surface area contributed by atoms with E-state index in [-0.39, 0.29) is 29.4 Å². The van der Waals surface area contributed by atoms with Crippen molar-refractivity contribution in [1.29, 1.82) is 0 Å². The SMILES string of the molecule is CN[C@H](C(=O)N[C@@H](Cc1ccc(O)c(C(C)(C)C)c1)C(N)=O)C(C)C. The molecule has 0 heterocycles. The smallest absolute Gasteiger partial charge is 0.240 e. The van der Waals surface area contributed by atoms with Crippen LogP contribution >= 0.6 is 0 Å². The number of hydrogen-bond donors (Lipinski definition) is 4. The van der Waals surface area contributed by atoms with Gasteiger partial charge < -0.3 is 21.5 Å². The molecule has 0 aliphatic carbocycles. The quantitative estimate of drug-likeness (QED) is 0.598. The summed E-state index contributed by atoms with van der Waals surface area (Å²) in [6.45, 7) is 9.85. The number of nitrogens with one attached hydrogen (secondary N) is 2. The van der Waals surface area contributed by atoms with Crippen molar-refractivity contribution < 1.29 is 14.7 Å². The molecule has 2 atom stereocenters. The molecule has 140 valence electrons. The van der Waals surface area contributed by atoms with E-state index in [9.17, 15) is 14.7 Å². The van der Waals surface area contributed by atoms with Crippen LogP contribution in [0, 0.1) is 5.92 Å². The number of nitrogens with two attached hydrogens (primary N) is 1. The van der Waals surface area contributed by atoms with Crippen molar-refractivity contribution in [3.63, 3.8) is 0 Å². The number of benzene rings is 1. The Morgan fingerprint density at radius 2 is 1.84 bits per heavy atom. The summed E-state index contributed by atoms with van der Waals surface area (Å²) in [5.41, 5.74) is 6.86. The van der Waals surface area contributed by atoms with Crippen molar-refractivity contribution in [2.24, 2.45) is 11.7 Å². The summed E-state index contributed by atoms with van der Waals surface area (Å²) < 4.78 is 0. The van der Waals surface area contributed by atoms with Crippen LogP contribution in [-0.2, 0) is 21.4 Å². The van der Waals surface area contributed by atoms with Crippen molar-refractivity contribution >= 4 is 11.8 Å². The first kappa shape index (κ1) is 21.0. The summed E-state index contributed by atoms with van der Waals surface area (Å²) in [5.74, 6) is -0.542. The number of phenolic OH excluding ortho intramolecular Hbond substituents is 1. The molecule has 2 amide bonds. The van der Waals surface area contributed by atoms with Gasteiger partial charge >= 0.3 is 0 Å². The molecule has 1 aromatic rings. The highest BCUT2D eigenvalue weighted by Crippen LogP contribution is 2.31. The van der Waals surface area contributed by atoms with E-state index < -0.39 is 18.0 Å². The highest BCUT2D eigenvalue weighted by molar-refractivity contribution is 5.89. The van der Waals surface area contributed by atoms with E-state index in [2.05, 4.69) is 10.6 Å². The van der Waals surface area contributed by atoms with Gasteiger partial charge in [0, 0.05) is 6.42 Å². The molecule has 6 heteroatoms. The lowest BCUT2D eigenvalue weighted by molar-refractivity contribution is -0.129. The molecule has 0 saturated heterocycles. The first-order valence-electron chi connectivity index (χ1n) is 8.56. The zero-order valence-corrected chi connectivity index (χ0v) is 16.0. The van der Waals surface area contributed by atoms with Gasteiger partial charge in [0.1, 0.15) is 11.8 Å². The number of rotatable bonds is 7. The normalized spacial score (nSPS) is 14.2. The Morgan fingerprint density at radius 1 is 1.24 bits per heavy atom. The third kappa shape index (κ3) is 5.74. The highest BCUT2D eigenvalue weighted by Gasteiger charge is 2.26. The summed E-state index contributed by atoms with van der Waals surface area (Å²) in [6.07, 6.45) is 0.277. The van der Waals surface area contributed by atoms with Crippen LogP contribution in [0.15, 0.2) is 18.2 Å². The molecule has 0 radical (unpaired) electrons. The van der Waals surface area contributed by atoms with Gasteiger partial charge in [-0.3, -0.25) is 9.59 Å². The largest absolute Gasteiger partial charge is 0.508 e. The third-order valence-corrected chi connectivity index (χ3v) is 4.23. The number of carbonyl (C=O) groups is 2. The first-order chi connectivity index (χ1) is 11.5. The number of aromatic hydroxyl groups is 1. The minimum atomic E-state index is -0.806. The number of primary amides is 1. The molecular formula is C19H31N3O3. The van der Waals surface area contributed by atoms with Crippen LogP contribution in [0.1, 0.15) is 45.7 Å². The molecule has 0 aliphatic rings. The fourth-order valence-electron chi connectivity index (χ4n) is 2.80. The van der Waals surface area contributed by atoms with Crippen molar-refractivity contribution in [2.45, 2.75) is 58.5 Å². The average molecular weight is 349 g/mol. The van der Waals surface area contributed by atoms with Crippen molar-refractivity contribution in [3.8, 4) is 5.75 Å². The molecule has 0 unspecified atom stereocenters. The maximum atomic E-state index is 12.4.